The van der Waals surface area contributed by atoms with E-state index in [2.05, 4.69) is 16.4 Å². The highest BCUT2D eigenvalue weighted by atomic mass is 16.5. The van der Waals surface area contributed by atoms with Crippen molar-refractivity contribution in [3.8, 4) is 5.75 Å². The maximum Gasteiger partial charge on any atom is 0.318 e. The van der Waals surface area contributed by atoms with E-state index in [1.807, 2.05) is 24.0 Å². The van der Waals surface area contributed by atoms with Crippen LogP contribution >= 0.6 is 0 Å². The zero-order valence-corrected chi connectivity index (χ0v) is 20.2. The molecule has 8 nitrogen and oxygen atoms in total. The van der Waals surface area contributed by atoms with Gasteiger partial charge in [-0.15, -0.1) is 0 Å². The number of ether oxygens (including phenoxy) is 1. The summed E-state index contributed by atoms with van der Waals surface area (Å²) in [4.78, 5) is 33.5. The summed E-state index contributed by atoms with van der Waals surface area (Å²) in [6, 6.07) is 5.44. The summed E-state index contributed by atoms with van der Waals surface area (Å²) in [5.74, 6) is 1.26. The van der Waals surface area contributed by atoms with Gasteiger partial charge in [-0.2, -0.15) is 0 Å². The molecular weight excluding hydrogens is 432 g/mol. The molecule has 34 heavy (non-hydrogen) atoms. The van der Waals surface area contributed by atoms with E-state index in [0.29, 0.717) is 32.1 Å². The van der Waals surface area contributed by atoms with Crippen molar-refractivity contribution in [3.63, 3.8) is 0 Å². The van der Waals surface area contributed by atoms with Crippen LogP contribution in [0.3, 0.4) is 0 Å². The lowest BCUT2D eigenvalue weighted by atomic mass is 9.68. The molecule has 184 valence electrons. The molecule has 3 N–H and O–H groups in total. The molecule has 1 aromatic carbocycles. The van der Waals surface area contributed by atoms with Gasteiger partial charge in [0.1, 0.15) is 5.75 Å². The van der Waals surface area contributed by atoms with Crippen molar-refractivity contribution in [3.05, 3.63) is 29.5 Å². The Balaban J connectivity index is 1.54. The van der Waals surface area contributed by atoms with Crippen LogP contribution in [0.1, 0.15) is 62.7 Å². The SMILES string of the molecule is CCCNC(=O)N1CC2(CCN(C(=O)C3CCC3)CC2)c2c([nH]c3cc(OC)ccc23)[C@@H]1CO. The first kappa shape index (κ1) is 23.0. The van der Waals surface area contributed by atoms with Crippen molar-refractivity contribution in [2.75, 3.05) is 39.9 Å². The number of carbonyl (C=O) groups excluding carboxylic acids is 2. The second-order valence-corrected chi connectivity index (χ2v) is 10.1. The van der Waals surface area contributed by atoms with Crippen molar-refractivity contribution < 1.29 is 19.4 Å². The number of aromatic amines is 1. The number of piperidine rings is 1. The van der Waals surface area contributed by atoms with Crippen LogP contribution in [-0.4, -0.2) is 71.7 Å². The van der Waals surface area contributed by atoms with Crippen LogP contribution in [0.15, 0.2) is 18.2 Å². The first-order chi connectivity index (χ1) is 16.5. The number of methoxy groups -OCH3 is 1. The van der Waals surface area contributed by atoms with Crippen LogP contribution < -0.4 is 10.1 Å². The molecule has 0 bridgehead atoms. The van der Waals surface area contributed by atoms with Crippen LogP contribution in [0.2, 0.25) is 0 Å². The van der Waals surface area contributed by atoms with Gasteiger partial charge in [0.2, 0.25) is 5.91 Å². The van der Waals surface area contributed by atoms with Crippen LogP contribution in [0, 0.1) is 5.92 Å². The van der Waals surface area contributed by atoms with Gasteiger partial charge in [0.25, 0.3) is 0 Å². The number of nitrogens with zero attached hydrogens (tertiary/aromatic N) is 2. The Kier molecular flexibility index (Phi) is 6.18. The molecule has 1 atom stereocenters. The number of hydrogen-bond donors (Lipinski definition) is 3. The molecule has 3 amide bonds. The van der Waals surface area contributed by atoms with Crippen molar-refractivity contribution in [2.45, 2.75) is 56.9 Å². The maximum absolute atomic E-state index is 13.2. The van der Waals surface area contributed by atoms with Gasteiger partial charge in [0, 0.05) is 60.2 Å². The molecule has 2 aliphatic heterocycles. The lowest BCUT2D eigenvalue weighted by molar-refractivity contribution is -0.140. The highest BCUT2D eigenvalue weighted by Crippen LogP contribution is 2.49. The Morgan fingerprint density at radius 1 is 1.26 bits per heavy atom. The number of urea groups is 1. The predicted octanol–water partition coefficient (Wildman–Crippen LogP) is 3.31. The average Bonchev–Trinajstić information content (AvgIpc) is 3.21. The van der Waals surface area contributed by atoms with Crippen molar-refractivity contribution in [1.82, 2.24) is 20.1 Å². The van der Waals surface area contributed by atoms with Crippen molar-refractivity contribution >= 4 is 22.8 Å². The number of fused-ring (bicyclic) bond motifs is 4. The maximum atomic E-state index is 13.2. The topological polar surface area (TPSA) is 97.9 Å². The molecule has 2 aromatic rings. The Labute approximate surface area is 200 Å². The average molecular weight is 469 g/mol. The molecule has 1 aromatic heterocycles. The summed E-state index contributed by atoms with van der Waals surface area (Å²) in [6.45, 7) is 4.40. The van der Waals surface area contributed by atoms with Gasteiger partial charge in [0.15, 0.2) is 0 Å². The van der Waals surface area contributed by atoms with E-state index >= 15 is 0 Å². The molecule has 8 heteroatoms. The molecule has 1 saturated carbocycles. The number of aromatic nitrogens is 1. The van der Waals surface area contributed by atoms with Crippen molar-refractivity contribution in [2.24, 2.45) is 5.92 Å². The van der Waals surface area contributed by atoms with Crippen LogP contribution in [0.25, 0.3) is 10.9 Å². The summed E-state index contributed by atoms with van der Waals surface area (Å²) < 4.78 is 5.44. The summed E-state index contributed by atoms with van der Waals surface area (Å²) in [5.41, 5.74) is 2.78. The molecule has 0 radical (unpaired) electrons. The van der Waals surface area contributed by atoms with Gasteiger partial charge in [-0.1, -0.05) is 13.3 Å². The minimum atomic E-state index is -0.439. The fourth-order valence-corrected chi connectivity index (χ4v) is 6.03. The first-order valence-electron chi connectivity index (χ1n) is 12.7. The van der Waals surface area contributed by atoms with Gasteiger partial charge in [-0.05, 0) is 49.8 Å². The smallest absolute Gasteiger partial charge is 0.318 e. The van der Waals surface area contributed by atoms with E-state index < -0.39 is 6.04 Å². The van der Waals surface area contributed by atoms with E-state index in [0.717, 1.165) is 60.9 Å². The van der Waals surface area contributed by atoms with Gasteiger partial charge >= 0.3 is 6.03 Å². The lowest BCUT2D eigenvalue weighted by Crippen LogP contribution is -2.58. The Morgan fingerprint density at radius 2 is 2.03 bits per heavy atom. The van der Waals surface area contributed by atoms with Crippen molar-refractivity contribution in [1.29, 1.82) is 0 Å². The third kappa shape index (κ3) is 3.72. The molecule has 1 spiro atoms. The van der Waals surface area contributed by atoms with E-state index in [1.165, 1.54) is 5.56 Å². The molecular formula is C26H36N4O4. The fraction of sp³-hybridized carbons (Fsp3) is 0.615. The number of H-pyrrole nitrogens is 1. The third-order valence-electron chi connectivity index (χ3n) is 8.19. The third-order valence-corrected chi connectivity index (χ3v) is 8.19. The van der Waals surface area contributed by atoms with Gasteiger partial charge in [-0.25, -0.2) is 4.79 Å². The largest absolute Gasteiger partial charge is 0.497 e. The summed E-state index contributed by atoms with van der Waals surface area (Å²) >= 11 is 0. The number of nitrogens with one attached hydrogen (secondary N) is 2. The number of rotatable bonds is 5. The second-order valence-electron chi connectivity index (χ2n) is 10.1. The second kappa shape index (κ2) is 9.13. The highest BCUT2D eigenvalue weighted by molar-refractivity contribution is 5.89. The molecule has 5 rings (SSSR count). The Hall–Kier alpha value is -2.74. The quantitative estimate of drug-likeness (QED) is 0.627. The normalized spacial score (nSPS) is 21.9. The van der Waals surface area contributed by atoms with Gasteiger partial charge < -0.3 is 29.9 Å². The molecule has 1 saturated heterocycles. The summed E-state index contributed by atoms with van der Waals surface area (Å²) in [7, 11) is 1.65. The van der Waals surface area contributed by atoms with Crippen LogP contribution in [-0.2, 0) is 10.2 Å². The number of benzene rings is 1. The predicted molar refractivity (Wildman–Crippen MR) is 130 cm³/mol. The number of aliphatic hydroxyl groups excluding tert-OH is 1. The lowest BCUT2D eigenvalue weighted by Gasteiger charge is -2.50. The molecule has 1 aliphatic carbocycles. The minimum absolute atomic E-state index is 0.143. The standard InChI is InChI=1S/C26H36N4O4/c1-3-11-27-25(33)30-16-26(9-12-29(13-10-26)24(32)17-5-4-6-17)22-19-8-7-18(34-2)14-20(19)28-23(22)21(30)15-31/h7-8,14,17,21,28,31H,3-6,9-13,15-16H2,1-2H3,(H,27,33)/t21-/m0/s1. The zero-order chi connectivity index (χ0) is 23.9. The summed E-state index contributed by atoms with van der Waals surface area (Å²) in [5, 5.41) is 14.5. The number of amides is 3. The number of hydrogen-bond acceptors (Lipinski definition) is 4. The molecule has 0 unspecified atom stereocenters. The highest BCUT2D eigenvalue weighted by Gasteiger charge is 2.49. The van der Waals surface area contributed by atoms with E-state index in [1.54, 1.807) is 12.0 Å². The molecule has 3 aliphatic rings. The van der Waals surface area contributed by atoms with Crippen LogP contribution in [0.4, 0.5) is 4.79 Å². The Bertz CT molecular complexity index is 1070. The van der Waals surface area contributed by atoms with Gasteiger partial charge in [-0.3, -0.25) is 4.79 Å². The number of likely N-dealkylation sites (tertiary alicyclic amines) is 1. The first-order valence-corrected chi connectivity index (χ1v) is 12.7. The zero-order valence-electron chi connectivity index (χ0n) is 20.2. The molecule has 3 heterocycles. The minimum Gasteiger partial charge on any atom is -0.497 e. The van der Waals surface area contributed by atoms with E-state index in [-0.39, 0.29) is 24.0 Å². The fourth-order valence-electron chi connectivity index (χ4n) is 6.03. The number of aliphatic hydroxyl groups is 1. The van der Waals surface area contributed by atoms with Gasteiger partial charge in [0.05, 0.1) is 19.8 Å². The van der Waals surface area contributed by atoms with Crippen LogP contribution in [0.5, 0.6) is 5.75 Å². The summed E-state index contributed by atoms with van der Waals surface area (Å²) in [6.07, 6.45) is 5.63. The Morgan fingerprint density at radius 3 is 2.65 bits per heavy atom. The monoisotopic (exact) mass is 468 g/mol. The van der Waals surface area contributed by atoms with E-state index in [4.69, 9.17) is 4.74 Å². The van der Waals surface area contributed by atoms with E-state index in [9.17, 15) is 14.7 Å². The number of carbonyl (C=O) groups is 2. The molecule has 2 fully saturated rings.